The van der Waals surface area contributed by atoms with Crippen molar-refractivity contribution in [2.45, 2.75) is 12.8 Å². The first kappa shape index (κ1) is 8.99. The lowest BCUT2D eigenvalue weighted by Gasteiger charge is -2.23. The number of phenolic OH excluding ortho intramolecular Hbond substituents is 1. The van der Waals surface area contributed by atoms with Crippen molar-refractivity contribution in [3.05, 3.63) is 47.7 Å². The molecule has 0 saturated heterocycles. The van der Waals surface area contributed by atoms with Gasteiger partial charge in [-0.2, -0.15) is 0 Å². The molecule has 2 aromatic carbocycles. The third-order valence-corrected chi connectivity index (χ3v) is 3.70. The molecule has 0 bridgehead atoms. The zero-order valence-corrected chi connectivity index (χ0v) is 9.27. The quantitative estimate of drug-likeness (QED) is 0.591. The number of aryl methyl sites for hydroxylation is 1. The second kappa shape index (κ2) is 2.98. The average molecular weight is 221 g/mol. The van der Waals surface area contributed by atoms with Gasteiger partial charge in [0.1, 0.15) is 5.75 Å². The van der Waals surface area contributed by atoms with Gasteiger partial charge in [-0.1, -0.05) is 24.3 Å². The Bertz CT molecular complexity index is 762. The Morgan fingerprint density at radius 2 is 1.88 bits per heavy atom. The third-order valence-electron chi connectivity index (χ3n) is 3.70. The number of pyridine rings is 1. The molecule has 1 aliphatic carbocycles. The number of rotatable bonds is 0. The molecule has 0 spiro atoms. The van der Waals surface area contributed by atoms with Gasteiger partial charge in [0.15, 0.2) is 0 Å². The molecule has 0 unspecified atom stereocenters. The molecule has 0 atom stereocenters. The molecule has 0 aliphatic heterocycles. The summed E-state index contributed by atoms with van der Waals surface area (Å²) in [7, 11) is 0. The molecule has 0 radical (unpaired) electrons. The highest BCUT2D eigenvalue weighted by Gasteiger charge is 2.22. The van der Waals surface area contributed by atoms with Crippen molar-refractivity contribution in [3.8, 4) is 5.75 Å². The number of benzene rings is 2. The van der Waals surface area contributed by atoms with Crippen molar-refractivity contribution in [1.29, 1.82) is 0 Å². The topological polar surface area (TPSA) is 33.1 Å². The van der Waals surface area contributed by atoms with Gasteiger partial charge in [-0.05, 0) is 29.4 Å². The van der Waals surface area contributed by atoms with E-state index in [0.29, 0.717) is 5.75 Å². The van der Waals surface area contributed by atoms with E-state index in [4.69, 9.17) is 0 Å². The van der Waals surface area contributed by atoms with Crippen LogP contribution >= 0.6 is 0 Å². The van der Waals surface area contributed by atoms with Crippen LogP contribution in [0.4, 0.5) is 0 Å². The summed E-state index contributed by atoms with van der Waals surface area (Å²) in [6.45, 7) is 0. The van der Waals surface area contributed by atoms with E-state index in [1.54, 1.807) is 6.07 Å². The maximum atomic E-state index is 9.88. The highest BCUT2D eigenvalue weighted by atomic mass is 16.3. The van der Waals surface area contributed by atoms with Gasteiger partial charge in [-0.25, -0.2) is 0 Å². The minimum absolute atomic E-state index is 0.404. The fourth-order valence-electron chi connectivity index (χ4n) is 2.76. The molecule has 1 aliphatic rings. The highest BCUT2D eigenvalue weighted by molar-refractivity contribution is 6.08. The summed E-state index contributed by atoms with van der Waals surface area (Å²) in [6.07, 6.45) is 3.92. The first-order chi connectivity index (χ1) is 8.34. The number of nitrogens with zero attached hydrogens (tertiary/aromatic N) is 1. The number of hydrogen-bond acceptors (Lipinski definition) is 2. The number of aromatic nitrogens is 1. The Hall–Kier alpha value is -2.09. The summed E-state index contributed by atoms with van der Waals surface area (Å²) in [4.78, 5) is 4.45. The fraction of sp³-hybridized carbons (Fsp3) is 0.133. The van der Waals surface area contributed by atoms with Crippen LogP contribution in [0.5, 0.6) is 5.75 Å². The second-order valence-corrected chi connectivity index (χ2v) is 4.59. The van der Waals surface area contributed by atoms with Crippen LogP contribution in [0.2, 0.25) is 0 Å². The standard InChI is InChI=1S/C15H11NO/c17-14-7-13-15(12-6-5-11(12)14)10-4-2-1-3-9(10)8-16-13/h1-4,7-8,17H,5-6H2. The molecule has 0 saturated carbocycles. The molecule has 3 aromatic rings. The van der Waals surface area contributed by atoms with E-state index >= 15 is 0 Å². The minimum Gasteiger partial charge on any atom is -0.508 e. The van der Waals surface area contributed by atoms with Crippen LogP contribution in [0, 0.1) is 0 Å². The van der Waals surface area contributed by atoms with Gasteiger partial charge in [0, 0.05) is 23.0 Å². The molecular formula is C15H11NO. The molecule has 82 valence electrons. The van der Waals surface area contributed by atoms with Crippen molar-refractivity contribution in [3.63, 3.8) is 0 Å². The SMILES string of the molecule is Oc1cc2ncc3ccccc3c2c2c1CC2. The van der Waals surface area contributed by atoms with E-state index in [2.05, 4.69) is 23.2 Å². The average Bonchev–Trinajstić information content (AvgIpc) is 2.29. The zero-order valence-electron chi connectivity index (χ0n) is 9.27. The van der Waals surface area contributed by atoms with E-state index in [1.807, 2.05) is 12.3 Å². The molecule has 0 amide bonds. The third kappa shape index (κ3) is 1.07. The number of fused-ring (bicyclic) bond motifs is 5. The summed E-state index contributed by atoms with van der Waals surface area (Å²) < 4.78 is 0. The van der Waals surface area contributed by atoms with E-state index in [1.165, 1.54) is 21.7 Å². The predicted molar refractivity (Wildman–Crippen MR) is 68.3 cm³/mol. The molecule has 0 fully saturated rings. The van der Waals surface area contributed by atoms with E-state index in [0.717, 1.165) is 23.9 Å². The summed E-state index contributed by atoms with van der Waals surface area (Å²) in [5, 5.41) is 13.5. The minimum atomic E-state index is 0.404. The molecule has 17 heavy (non-hydrogen) atoms. The smallest absolute Gasteiger partial charge is 0.121 e. The van der Waals surface area contributed by atoms with Crippen LogP contribution in [-0.2, 0) is 12.8 Å². The van der Waals surface area contributed by atoms with Crippen LogP contribution < -0.4 is 0 Å². The van der Waals surface area contributed by atoms with Gasteiger partial charge < -0.3 is 5.11 Å². The number of phenols is 1. The van der Waals surface area contributed by atoms with Crippen molar-refractivity contribution >= 4 is 21.7 Å². The summed E-state index contributed by atoms with van der Waals surface area (Å²) >= 11 is 0. The van der Waals surface area contributed by atoms with Crippen LogP contribution in [0.3, 0.4) is 0 Å². The van der Waals surface area contributed by atoms with Crippen molar-refractivity contribution < 1.29 is 5.11 Å². The van der Waals surface area contributed by atoms with Crippen molar-refractivity contribution in [1.82, 2.24) is 4.98 Å². The van der Waals surface area contributed by atoms with Crippen LogP contribution in [-0.4, -0.2) is 10.1 Å². The molecule has 1 aromatic heterocycles. The van der Waals surface area contributed by atoms with E-state index < -0.39 is 0 Å². The molecule has 1 heterocycles. The van der Waals surface area contributed by atoms with Crippen molar-refractivity contribution in [2.24, 2.45) is 0 Å². The Kier molecular flexibility index (Phi) is 1.57. The van der Waals surface area contributed by atoms with Gasteiger partial charge in [0.2, 0.25) is 0 Å². The normalized spacial score (nSPS) is 13.6. The number of aromatic hydroxyl groups is 1. The predicted octanol–water partition coefficient (Wildman–Crippen LogP) is 3.19. The fourth-order valence-corrected chi connectivity index (χ4v) is 2.76. The van der Waals surface area contributed by atoms with E-state index in [9.17, 15) is 5.11 Å². The summed E-state index contributed by atoms with van der Waals surface area (Å²) in [6, 6.07) is 10.1. The summed E-state index contributed by atoms with van der Waals surface area (Å²) in [5.74, 6) is 0.404. The Balaban J connectivity index is 2.30. The largest absolute Gasteiger partial charge is 0.508 e. The first-order valence-electron chi connectivity index (χ1n) is 5.86. The van der Waals surface area contributed by atoms with Gasteiger partial charge in [0.05, 0.1) is 5.52 Å². The maximum absolute atomic E-state index is 9.88. The zero-order chi connectivity index (χ0) is 11.4. The first-order valence-corrected chi connectivity index (χ1v) is 5.86. The molecular weight excluding hydrogens is 210 g/mol. The Morgan fingerprint density at radius 1 is 1.06 bits per heavy atom. The maximum Gasteiger partial charge on any atom is 0.121 e. The van der Waals surface area contributed by atoms with Gasteiger partial charge >= 0.3 is 0 Å². The molecule has 2 nitrogen and oxygen atoms in total. The molecule has 1 N–H and O–H groups in total. The lowest BCUT2D eigenvalue weighted by atomic mass is 9.83. The Labute approximate surface area is 98.5 Å². The van der Waals surface area contributed by atoms with Gasteiger partial charge in [-0.3, -0.25) is 4.98 Å². The van der Waals surface area contributed by atoms with Crippen LogP contribution in [0.15, 0.2) is 36.5 Å². The molecule has 2 heteroatoms. The lowest BCUT2D eigenvalue weighted by molar-refractivity contribution is 0.463. The lowest BCUT2D eigenvalue weighted by Crippen LogP contribution is -2.09. The highest BCUT2D eigenvalue weighted by Crippen LogP contribution is 2.39. The summed E-state index contributed by atoms with van der Waals surface area (Å²) in [5.41, 5.74) is 3.29. The van der Waals surface area contributed by atoms with Gasteiger partial charge in [0.25, 0.3) is 0 Å². The monoisotopic (exact) mass is 221 g/mol. The van der Waals surface area contributed by atoms with E-state index in [-0.39, 0.29) is 0 Å². The number of hydrogen-bond donors (Lipinski definition) is 1. The van der Waals surface area contributed by atoms with Crippen LogP contribution in [0.25, 0.3) is 21.7 Å². The second-order valence-electron chi connectivity index (χ2n) is 4.59. The molecule has 4 rings (SSSR count). The van der Waals surface area contributed by atoms with Crippen LogP contribution in [0.1, 0.15) is 11.1 Å². The Morgan fingerprint density at radius 3 is 2.71 bits per heavy atom. The van der Waals surface area contributed by atoms with Crippen molar-refractivity contribution in [2.75, 3.05) is 0 Å². The van der Waals surface area contributed by atoms with Gasteiger partial charge in [-0.15, -0.1) is 0 Å².